The molecular weight excluding hydrogens is 900 g/mol. The summed E-state index contributed by atoms with van der Waals surface area (Å²) in [5.41, 5.74) is 2.11. The molecule has 352 valence electrons. The van der Waals surface area contributed by atoms with Crippen molar-refractivity contribution in [2.24, 2.45) is 0 Å². The van der Waals surface area contributed by atoms with Gasteiger partial charge >= 0.3 is 12.5 Å². The van der Waals surface area contributed by atoms with Crippen LogP contribution < -0.4 is 9.47 Å². The fraction of sp³-hybridized carbons (Fsp3) is 0.185. The van der Waals surface area contributed by atoms with Crippen LogP contribution in [0.5, 0.6) is 11.5 Å². The molecule has 14 heteroatoms. The Balaban J connectivity index is 0.000000203. The van der Waals surface area contributed by atoms with Gasteiger partial charge in [-0.25, -0.2) is 26.3 Å². The Hall–Kier alpha value is -6.87. The molecular formula is C54H43F9O5. The van der Waals surface area contributed by atoms with Crippen LogP contribution in [-0.2, 0) is 27.1 Å². The van der Waals surface area contributed by atoms with E-state index >= 15 is 17.6 Å². The van der Waals surface area contributed by atoms with E-state index in [1.165, 1.54) is 51.7 Å². The number of aryl methyl sites for hydroxylation is 2. The Morgan fingerprint density at radius 1 is 0.426 bits per heavy atom. The first-order valence-corrected chi connectivity index (χ1v) is 21.2. The minimum atomic E-state index is -4.87. The summed E-state index contributed by atoms with van der Waals surface area (Å²) in [6.45, 7) is 4.06. The first kappa shape index (κ1) is 49.0. The fourth-order valence-electron chi connectivity index (χ4n) is 7.83. The highest BCUT2D eigenvalue weighted by molar-refractivity contribution is 5.90. The van der Waals surface area contributed by atoms with E-state index < -0.39 is 58.7 Å². The Bertz CT molecular complexity index is 3020. The Morgan fingerprint density at radius 2 is 0.824 bits per heavy atom. The molecule has 8 aromatic carbocycles. The van der Waals surface area contributed by atoms with Crippen LogP contribution >= 0.6 is 0 Å². The average molecular weight is 943 g/mol. The van der Waals surface area contributed by atoms with E-state index in [1.807, 2.05) is 25.1 Å². The summed E-state index contributed by atoms with van der Waals surface area (Å²) >= 11 is 0. The molecule has 8 aromatic rings. The van der Waals surface area contributed by atoms with Gasteiger partial charge in [0.25, 0.3) is 0 Å². The number of methoxy groups -OCH3 is 3. The standard InChI is InChI=1S/C29H27F3O4.C25H16F6O/c1-5-6-18-7-13-23-20(15-18)10-14-24(28(23)32)21-16-25(30)27(26(31)17-21)19-8-11-22(12-9-19)36-29(33-2,34-3)35-4;1-2-14-3-9-19-16(11-14)6-10-20(24(19)28)17-12-21(26)23(22(27)13-17)15-4-7-18(8-5-15)32-25(29,30)31/h7-17H,5-6H2,1-4H3;3-13H,2H2,1H3. The van der Waals surface area contributed by atoms with Crippen molar-refractivity contribution in [1.82, 2.24) is 0 Å². The molecule has 5 nitrogen and oxygen atoms in total. The molecule has 0 fully saturated rings. The molecule has 0 N–H and O–H groups in total. The van der Waals surface area contributed by atoms with E-state index in [1.54, 1.807) is 36.4 Å². The lowest BCUT2D eigenvalue weighted by Gasteiger charge is -2.27. The topological polar surface area (TPSA) is 46.2 Å². The van der Waals surface area contributed by atoms with E-state index in [9.17, 15) is 22.0 Å². The van der Waals surface area contributed by atoms with Gasteiger partial charge in [-0.2, -0.15) is 0 Å². The van der Waals surface area contributed by atoms with E-state index in [-0.39, 0.29) is 38.9 Å². The number of fused-ring (bicyclic) bond motifs is 2. The number of hydrogen-bond acceptors (Lipinski definition) is 5. The van der Waals surface area contributed by atoms with Crippen LogP contribution in [0.2, 0.25) is 0 Å². The Labute approximate surface area is 386 Å². The van der Waals surface area contributed by atoms with Crippen LogP contribution in [0.1, 0.15) is 31.4 Å². The molecule has 0 aliphatic rings. The fourth-order valence-corrected chi connectivity index (χ4v) is 7.83. The van der Waals surface area contributed by atoms with Crippen LogP contribution in [0.25, 0.3) is 66.1 Å². The second-order valence-corrected chi connectivity index (χ2v) is 15.5. The second-order valence-electron chi connectivity index (χ2n) is 15.5. The van der Waals surface area contributed by atoms with E-state index in [4.69, 9.17) is 18.9 Å². The molecule has 0 aliphatic carbocycles. The number of ether oxygens (including phenoxy) is 5. The molecule has 0 spiro atoms. The molecule has 0 aromatic heterocycles. The zero-order valence-electron chi connectivity index (χ0n) is 37.3. The van der Waals surface area contributed by atoms with Gasteiger partial charge in [0, 0.05) is 43.2 Å². The van der Waals surface area contributed by atoms with Crippen molar-refractivity contribution in [2.45, 2.75) is 45.6 Å². The van der Waals surface area contributed by atoms with E-state index in [2.05, 4.69) is 11.7 Å². The van der Waals surface area contributed by atoms with Crippen molar-refractivity contribution >= 4 is 21.5 Å². The van der Waals surface area contributed by atoms with Crippen molar-refractivity contribution in [3.05, 3.63) is 179 Å². The van der Waals surface area contributed by atoms with Crippen molar-refractivity contribution in [3.63, 3.8) is 0 Å². The predicted octanol–water partition coefficient (Wildman–Crippen LogP) is 15.5. The van der Waals surface area contributed by atoms with Crippen LogP contribution in [0.4, 0.5) is 39.5 Å². The normalized spacial score (nSPS) is 11.7. The van der Waals surface area contributed by atoms with Crippen molar-refractivity contribution in [1.29, 1.82) is 0 Å². The number of hydrogen-bond donors (Lipinski definition) is 0. The molecule has 0 aliphatic heterocycles. The van der Waals surface area contributed by atoms with Gasteiger partial charge in [0.15, 0.2) is 0 Å². The highest BCUT2D eigenvalue weighted by Crippen LogP contribution is 2.38. The zero-order valence-corrected chi connectivity index (χ0v) is 37.3. The number of alkyl halides is 3. The minimum absolute atomic E-state index is 0.0137. The van der Waals surface area contributed by atoms with Gasteiger partial charge < -0.3 is 9.47 Å². The summed E-state index contributed by atoms with van der Waals surface area (Å²) in [4.78, 5) is 0. The Morgan fingerprint density at radius 3 is 1.21 bits per heavy atom. The van der Waals surface area contributed by atoms with Crippen LogP contribution in [0.15, 0.2) is 133 Å². The summed E-state index contributed by atoms with van der Waals surface area (Å²) in [7, 11) is 4.03. The largest absolute Gasteiger partial charge is 0.573 e. The maximum atomic E-state index is 15.3. The van der Waals surface area contributed by atoms with E-state index in [0.29, 0.717) is 21.9 Å². The third kappa shape index (κ3) is 10.6. The van der Waals surface area contributed by atoms with Crippen molar-refractivity contribution < 1.29 is 63.2 Å². The molecule has 68 heavy (non-hydrogen) atoms. The molecule has 0 atom stereocenters. The van der Waals surface area contributed by atoms with E-state index in [0.717, 1.165) is 84.3 Å². The number of benzene rings is 8. The van der Waals surface area contributed by atoms with Gasteiger partial charge in [0.2, 0.25) is 0 Å². The van der Waals surface area contributed by atoms with Crippen molar-refractivity contribution in [2.75, 3.05) is 21.3 Å². The predicted molar refractivity (Wildman–Crippen MR) is 244 cm³/mol. The minimum Gasteiger partial charge on any atom is -0.416 e. The monoisotopic (exact) mass is 942 g/mol. The smallest absolute Gasteiger partial charge is 0.416 e. The molecule has 0 amide bonds. The molecule has 0 saturated heterocycles. The molecule has 0 heterocycles. The molecule has 8 rings (SSSR count). The van der Waals surface area contributed by atoms with Gasteiger partial charge in [0.1, 0.15) is 46.4 Å². The lowest BCUT2D eigenvalue weighted by atomic mass is 9.95. The lowest BCUT2D eigenvalue weighted by molar-refractivity contribution is -0.448. The van der Waals surface area contributed by atoms with Crippen LogP contribution in [0.3, 0.4) is 0 Å². The zero-order chi connectivity index (χ0) is 48.9. The first-order chi connectivity index (χ1) is 32.5. The highest BCUT2D eigenvalue weighted by Gasteiger charge is 2.33. The maximum absolute atomic E-state index is 15.3. The Kier molecular flexibility index (Phi) is 14.8. The molecule has 0 radical (unpaired) electrons. The third-order valence-corrected chi connectivity index (χ3v) is 11.2. The highest BCUT2D eigenvalue weighted by atomic mass is 19.4. The summed E-state index contributed by atoms with van der Waals surface area (Å²) < 4.78 is 152. The van der Waals surface area contributed by atoms with Crippen molar-refractivity contribution in [3.8, 4) is 56.0 Å². The summed E-state index contributed by atoms with van der Waals surface area (Å²) in [5, 5.41) is 2.18. The quantitative estimate of drug-likeness (QED) is 0.0851. The first-order valence-electron chi connectivity index (χ1n) is 21.2. The summed E-state index contributed by atoms with van der Waals surface area (Å²) in [5.74, 6) is -4.87. The average Bonchev–Trinajstić information content (AvgIpc) is 3.31. The second kappa shape index (κ2) is 20.6. The maximum Gasteiger partial charge on any atom is 0.573 e. The lowest BCUT2D eigenvalue weighted by Crippen LogP contribution is -2.42. The molecule has 0 bridgehead atoms. The summed E-state index contributed by atoms with van der Waals surface area (Å²) in [6.07, 6.45) is -3.94. The van der Waals surface area contributed by atoms with Gasteiger partial charge in [-0.1, -0.05) is 105 Å². The van der Waals surface area contributed by atoms with Gasteiger partial charge in [-0.15, -0.1) is 13.2 Å². The summed E-state index contributed by atoms with van der Waals surface area (Å²) in [6, 6.07) is 31.8. The molecule has 0 saturated carbocycles. The third-order valence-electron chi connectivity index (χ3n) is 11.2. The number of rotatable bonds is 13. The SMILES string of the molecule is CCCc1ccc2c(F)c(-c3cc(F)c(-c4ccc(OC(OC)(OC)OC)cc4)c(F)c3)ccc2c1.CCc1ccc2c(F)c(-c3cc(F)c(-c4ccc(OC(F)(F)F)cc4)c(F)c3)ccc2c1. The number of halogens is 9. The molecule has 0 unspecified atom stereocenters. The van der Waals surface area contributed by atoms with Crippen LogP contribution in [0, 0.1) is 34.9 Å². The van der Waals surface area contributed by atoms with Gasteiger partial charge in [0.05, 0.1) is 11.1 Å². The van der Waals surface area contributed by atoms with Crippen LogP contribution in [-0.4, -0.2) is 33.9 Å². The van der Waals surface area contributed by atoms with Gasteiger partial charge in [-0.05, 0) is 106 Å². The van der Waals surface area contributed by atoms with Gasteiger partial charge in [-0.3, -0.25) is 14.2 Å².